The third-order valence-electron chi connectivity index (χ3n) is 7.15. The molecule has 0 heterocycles. The fourth-order valence-electron chi connectivity index (χ4n) is 5.12. The van der Waals surface area contributed by atoms with Gasteiger partial charge in [0.05, 0.1) is 7.59 Å². The number of hydrogen-bond acceptors (Lipinski definition) is 0. The van der Waals surface area contributed by atoms with Crippen molar-refractivity contribution in [2.24, 2.45) is 0 Å². The largest absolute Gasteiger partial charge is 0.140 e. The van der Waals surface area contributed by atoms with Gasteiger partial charge in [-0.05, 0) is 90.5 Å². The van der Waals surface area contributed by atoms with Crippen LogP contribution >= 0.6 is 0 Å². The van der Waals surface area contributed by atoms with E-state index in [0.29, 0.717) is 0 Å². The molecule has 0 unspecified atom stereocenters. The molecule has 0 atom stereocenters. The molecule has 29 heavy (non-hydrogen) atoms. The molecular weight excluding hydrogens is 380 g/mol. The molecule has 152 valence electrons. The molecule has 0 aliphatic rings. The van der Waals surface area contributed by atoms with Crippen LogP contribution in [-0.2, 0) is 0 Å². The molecular formula is C27H36Si2. The lowest BCUT2D eigenvalue weighted by Gasteiger charge is -2.46. The summed E-state index contributed by atoms with van der Waals surface area (Å²) in [4.78, 5) is 0. The predicted molar refractivity (Wildman–Crippen MR) is 136 cm³/mol. The van der Waals surface area contributed by atoms with Gasteiger partial charge in [0.15, 0.2) is 0 Å². The summed E-state index contributed by atoms with van der Waals surface area (Å²) < 4.78 is 0. The summed E-state index contributed by atoms with van der Waals surface area (Å²) in [6.07, 6.45) is 0. The smallest absolute Gasteiger partial charge is 0.0706 e. The van der Waals surface area contributed by atoms with Crippen molar-refractivity contribution in [3.63, 3.8) is 0 Å². The summed E-state index contributed by atoms with van der Waals surface area (Å²) in [7, 11) is -3.90. The molecule has 0 bridgehead atoms. The van der Waals surface area contributed by atoms with Gasteiger partial charge in [0, 0.05) is 0 Å². The molecule has 0 aromatic heterocycles. The Bertz CT molecular complexity index is 929. The van der Waals surface area contributed by atoms with Crippen molar-refractivity contribution in [2.45, 2.75) is 61.2 Å². The highest BCUT2D eigenvalue weighted by molar-refractivity contribution is 7.55. The summed E-state index contributed by atoms with van der Waals surface area (Å²) >= 11 is 0. The molecule has 0 aliphatic heterocycles. The Morgan fingerprint density at radius 3 is 0.966 bits per heavy atom. The SMILES string of the molecule is Cc1cccc([Si](c2cccc(C)c2C)(c2cccc(C)c2C)[Si](C)(C)C)c1C. The van der Waals surface area contributed by atoms with Crippen molar-refractivity contribution in [3.8, 4) is 0 Å². The summed E-state index contributed by atoms with van der Waals surface area (Å²) in [5.41, 5.74) is 8.70. The molecule has 2 heteroatoms. The minimum Gasteiger partial charge on any atom is -0.0706 e. The number of hydrogen-bond donors (Lipinski definition) is 0. The topological polar surface area (TPSA) is 0 Å². The monoisotopic (exact) mass is 416 g/mol. The van der Waals surface area contributed by atoms with E-state index < -0.39 is 15.2 Å². The zero-order chi connectivity index (χ0) is 21.6. The van der Waals surface area contributed by atoms with E-state index in [1.54, 1.807) is 15.6 Å². The van der Waals surface area contributed by atoms with Gasteiger partial charge in [-0.1, -0.05) is 74.2 Å². The van der Waals surface area contributed by atoms with Gasteiger partial charge in [0.1, 0.15) is 7.59 Å². The Morgan fingerprint density at radius 2 is 0.724 bits per heavy atom. The Labute approximate surface area is 179 Å². The highest BCUT2D eigenvalue weighted by Crippen LogP contribution is 2.26. The second-order valence-corrected chi connectivity index (χ2v) is 24.1. The molecule has 0 amide bonds. The van der Waals surface area contributed by atoms with E-state index in [0.717, 1.165) is 0 Å². The first-order valence-corrected chi connectivity index (χ1v) is 17.2. The van der Waals surface area contributed by atoms with Crippen LogP contribution in [0.2, 0.25) is 19.6 Å². The van der Waals surface area contributed by atoms with Gasteiger partial charge in [0.25, 0.3) is 0 Å². The number of aryl methyl sites for hydroxylation is 3. The first kappa shape index (κ1) is 21.8. The van der Waals surface area contributed by atoms with E-state index in [1.807, 2.05) is 0 Å². The lowest BCUT2D eigenvalue weighted by Crippen LogP contribution is -2.81. The molecule has 3 aromatic rings. The molecule has 0 fully saturated rings. The third-order valence-corrected chi connectivity index (χ3v) is 22.6. The van der Waals surface area contributed by atoms with Gasteiger partial charge in [-0.15, -0.1) is 0 Å². The van der Waals surface area contributed by atoms with Gasteiger partial charge >= 0.3 is 0 Å². The Balaban J connectivity index is 2.64. The van der Waals surface area contributed by atoms with Crippen LogP contribution < -0.4 is 15.6 Å². The fraction of sp³-hybridized carbons (Fsp3) is 0.333. The second kappa shape index (κ2) is 7.73. The fourth-order valence-corrected chi connectivity index (χ4v) is 21.4. The van der Waals surface area contributed by atoms with E-state index in [-0.39, 0.29) is 0 Å². The minimum absolute atomic E-state index is 1.41. The van der Waals surface area contributed by atoms with Crippen LogP contribution in [0, 0.1) is 41.5 Å². The Hall–Kier alpha value is -1.91. The minimum atomic E-state index is -2.21. The van der Waals surface area contributed by atoms with Crippen LogP contribution in [0.4, 0.5) is 0 Å². The molecule has 0 radical (unpaired) electrons. The summed E-state index contributed by atoms with van der Waals surface area (Å²) in [5, 5.41) is 4.87. The lowest BCUT2D eigenvalue weighted by atomic mass is 10.1. The van der Waals surface area contributed by atoms with Gasteiger partial charge in [-0.25, -0.2) is 0 Å². The average molecular weight is 417 g/mol. The first-order chi connectivity index (χ1) is 13.5. The van der Waals surface area contributed by atoms with Crippen molar-refractivity contribution in [3.05, 3.63) is 88.0 Å². The van der Waals surface area contributed by atoms with Crippen molar-refractivity contribution < 1.29 is 0 Å². The van der Waals surface area contributed by atoms with Gasteiger partial charge in [-0.2, -0.15) is 0 Å². The molecule has 3 rings (SSSR count). The molecule has 0 aliphatic carbocycles. The van der Waals surface area contributed by atoms with Crippen LogP contribution in [0.15, 0.2) is 54.6 Å². The maximum atomic E-state index is 2.60. The Kier molecular flexibility index (Phi) is 5.81. The van der Waals surface area contributed by atoms with Gasteiger partial charge in [-0.3, -0.25) is 0 Å². The molecule has 0 N–H and O–H groups in total. The third kappa shape index (κ3) is 3.36. The summed E-state index contributed by atoms with van der Waals surface area (Å²) in [6, 6.07) is 21.0. The molecule has 3 aromatic carbocycles. The normalized spacial score (nSPS) is 12.3. The van der Waals surface area contributed by atoms with Crippen LogP contribution in [-0.4, -0.2) is 15.2 Å². The van der Waals surface area contributed by atoms with E-state index in [4.69, 9.17) is 0 Å². The molecule has 0 saturated carbocycles. The van der Waals surface area contributed by atoms with Crippen LogP contribution in [0.1, 0.15) is 33.4 Å². The molecule has 0 spiro atoms. The standard InChI is InChI=1S/C27H36Si2/c1-19-13-10-16-25(22(19)4)29(28(7,8)9,26-17-11-14-20(2)23(26)5)27-18-12-15-21(3)24(27)6/h10-18H,1-9H3. The second-order valence-electron chi connectivity index (χ2n) is 9.74. The maximum absolute atomic E-state index is 2.60. The van der Waals surface area contributed by atoms with E-state index in [2.05, 4.69) is 116 Å². The quantitative estimate of drug-likeness (QED) is 0.393. The van der Waals surface area contributed by atoms with E-state index >= 15 is 0 Å². The van der Waals surface area contributed by atoms with Crippen molar-refractivity contribution >= 4 is 30.7 Å². The van der Waals surface area contributed by atoms with Crippen molar-refractivity contribution in [1.82, 2.24) is 0 Å². The van der Waals surface area contributed by atoms with Gasteiger partial charge < -0.3 is 0 Å². The van der Waals surface area contributed by atoms with Crippen LogP contribution in [0.5, 0.6) is 0 Å². The highest BCUT2D eigenvalue weighted by atomic mass is 29.3. The Morgan fingerprint density at radius 1 is 0.448 bits per heavy atom. The first-order valence-electron chi connectivity index (χ1n) is 10.7. The number of benzene rings is 3. The van der Waals surface area contributed by atoms with Crippen molar-refractivity contribution in [1.29, 1.82) is 0 Å². The van der Waals surface area contributed by atoms with E-state index in [9.17, 15) is 0 Å². The lowest BCUT2D eigenvalue weighted by molar-refractivity contribution is 1.34. The highest BCUT2D eigenvalue weighted by Gasteiger charge is 2.52. The average Bonchev–Trinajstić information content (AvgIpc) is 2.64. The molecule has 0 saturated heterocycles. The zero-order valence-corrected chi connectivity index (χ0v) is 21.7. The predicted octanol–water partition coefficient (Wildman–Crippen LogP) is 5.42. The number of rotatable bonds is 4. The van der Waals surface area contributed by atoms with Crippen LogP contribution in [0.25, 0.3) is 0 Å². The maximum Gasteiger partial charge on any atom is 0.140 e. The van der Waals surface area contributed by atoms with E-state index in [1.165, 1.54) is 33.4 Å². The van der Waals surface area contributed by atoms with Crippen LogP contribution in [0.3, 0.4) is 0 Å². The van der Waals surface area contributed by atoms with Gasteiger partial charge in [0.2, 0.25) is 0 Å². The summed E-state index contributed by atoms with van der Waals surface area (Å²) in [5.74, 6) is 0. The zero-order valence-electron chi connectivity index (χ0n) is 19.7. The molecule has 0 nitrogen and oxygen atoms in total. The van der Waals surface area contributed by atoms with Crippen molar-refractivity contribution in [2.75, 3.05) is 0 Å². The summed E-state index contributed by atoms with van der Waals surface area (Å²) in [6.45, 7) is 21.7.